The fourth-order valence-electron chi connectivity index (χ4n) is 3.15. The number of nitrogens with one attached hydrogen (secondary N) is 2. The van der Waals surface area contributed by atoms with Gasteiger partial charge in [-0.15, -0.1) is 0 Å². The Kier molecular flexibility index (Phi) is 7.69. The Balaban J connectivity index is 1.40. The minimum absolute atomic E-state index is 0.0686. The highest BCUT2D eigenvalue weighted by Crippen LogP contribution is 2.15. The fraction of sp³-hybridized carbons (Fsp3) is 0.261. The number of hydrogen-bond donors (Lipinski definition) is 3. The molecule has 0 atom stereocenters. The van der Waals surface area contributed by atoms with Gasteiger partial charge in [-0.05, 0) is 23.3 Å². The SMILES string of the molecule is NC(=O)CNC(=O)c1ccc(CNC(=O)CCC(=O)N2CCC(c3ccccc3)=N2)cc1. The number of carbonyl (C=O) groups excluding carboxylic acids is 4. The number of nitrogens with two attached hydrogens (primary N) is 1. The van der Waals surface area contributed by atoms with E-state index in [2.05, 4.69) is 15.7 Å². The number of nitrogens with zero attached hydrogens (tertiary/aromatic N) is 2. The second kappa shape index (κ2) is 10.9. The van der Waals surface area contributed by atoms with Crippen molar-refractivity contribution in [3.05, 3.63) is 71.3 Å². The van der Waals surface area contributed by atoms with Crippen LogP contribution in [0.1, 0.15) is 40.7 Å². The molecule has 9 heteroatoms. The van der Waals surface area contributed by atoms with Gasteiger partial charge in [0.15, 0.2) is 0 Å². The summed E-state index contributed by atoms with van der Waals surface area (Å²) in [5.74, 6) is -1.45. The Bertz CT molecular complexity index is 1020. The molecule has 3 rings (SSSR count). The number of primary amides is 1. The van der Waals surface area contributed by atoms with Crippen molar-refractivity contribution >= 4 is 29.3 Å². The van der Waals surface area contributed by atoms with Crippen molar-refractivity contribution < 1.29 is 19.2 Å². The van der Waals surface area contributed by atoms with E-state index >= 15 is 0 Å². The zero-order valence-electron chi connectivity index (χ0n) is 17.5. The van der Waals surface area contributed by atoms with Crippen LogP contribution in [-0.4, -0.2) is 47.4 Å². The van der Waals surface area contributed by atoms with Crippen LogP contribution >= 0.6 is 0 Å². The van der Waals surface area contributed by atoms with E-state index in [1.54, 1.807) is 24.3 Å². The van der Waals surface area contributed by atoms with Crippen LogP contribution in [0.25, 0.3) is 0 Å². The van der Waals surface area contributed by atoms with Crippen LogP contribution in [0.4, 0.5) is 0 Å². The number of rotatable bonds is 9. The van der Waals surface area contributed by atoms with E-state index in [4.69, 9.17) is 5.73 Å². The highest BCUT2D eigenvalue weighted by atomic mass is 16.2. The topological polar surface area (TPSA) is 134 Å². The molecule has 0 saturated carbocycles. The Hall–Kier alpha value is -4.01. The zero-order chi connectivity index (χ0) is 22.9. The average Bonchev–Trinajstić information content (AvgIpc) is 3.31. The van der Waals surface area contributed by atoms with Gasteiger partial charge in [-0.2, -0.15) is 5.10 Å². The molecule has 4 amide bonds. The van der Waals surface area contributed by atoms with Crippen molar-refractivity contribution in [2.75, 3.05) is 13.1 Å². The van der Waals surface area contributed by atoms with Gasteiger partial charge in [0.25, 0.3) is 5.91 Å². The highest BCUT2D eigenvalue weighted by molar-refractivity contribution is 6.02. The molecule has 1 aliphatic heterocycles. The smallest absolute Gasteiger partial charge is 0.251 e. The van der Waals surface area contributed by atoms with Gasteiger partial charge in [0.05, 0.1) is 18.8 Å². The molecule has 0 saturated heterocycles. The quantitative estimate of drug-likeness (QED) is 0.540. The number of hydrazone groups is 1. The molecule has 0 aliphatic carbocycles. The molecular formula is C23H25N5O4. The summed E-state index contributed by atoms with van der Waals surface area (Å²) in [5, 5.41) is 11.0. The highest BCUT2D eigenvalue weighted by Gasteiger charge is 2.21. The Morgan fingerprint density at radius 2 is 1.66 bits per heavy atom. The molecule has 166 valence electrons. The molecule has 0 aromatic heterocycles. The summed E-state index contributed by atoms with van der Waals surface area (Å²) in [7, 11) is 0. The monoisotopic (exact) mass is 435 g/mol. The fourth-order valence-corrected chi connectivity index (χ4v) is 3.15. The van der Waals surface area contributed by atoms with E-state index in [0.29, 0.717) is 18.5 Å². The first-order chi connectivity index (χ1) is 15.4. The first kappa shape index (κ1) is 22.7. The van der Waals surface area contributed by atoms with Gasteiger partial charge in [-0.3, -0.25) is 19.2 Å². The Morgan fingerprint density at radius 3 is 2.34 bits per heavy atom. The normalized spacial score (nSPS) is 12.8. The first-order valence-corrected chi connectivity index (χ1v) is 10.3. The maximum absolute atomic E-state index is 12.4. The minimum Gasteiger partial charge on any atom is -0.368 e. The lowest BCUT2D eigenvalue weighted by molar-refractivity contribution is -0.133. The number of hydrogen-bond acceptors (Lipinski definition) is 5. The molecule has 2 aromatic rings. The standard InChI is InChI=1S/C23H25N5O4/c24-20(29)15-26-23(32)18-8-6-16(7-9-18)14-25-21(30)10-11-22(31)28-13-12-19(27-28)17-4-2-1-3-5-17/h1-9H,10-15H2,(H2,24,29)(H,25,30)(H,26,32). The van der Waals surface area contributed by atoms with Gasteiger partial charge in [0, 0.05) is 31.4 Å². The molecule has 1 heterocycles. The van der Waals surface area contributed by atoms with Gasteiger partial charge in [-0.1, -0.05) is 42.5 Å². The molecule has 2 aromatic carbocycles. The maximum atomic E-state index is 12.4. The van der Waals surface area contributed by atoms with Crippen LogP contribution in [0.2, 0.25) is 0 Å². The van der Waals surface area contributed by atoms with E-state index < -0.39 is 11.8 Å². The molecule has 0 bridgehead atoms. The lowest BCUT2D eigenvalue weighted by Crippen LogP contribution is -2.33. The van der Waals surface area contributed by atoms with Crippen LogP contribution in [0.5, 0.6) is 0 Å². The predicted octanol–water partition coefficient (Wildman–Crippen LogP) is 0.935. The van der Waals surface area contributed by atoms with Gasteiger partial charge in [0.2, 0.25) is 17.7 Å². The molecular weight excluding hydrogens is 410 g/mol. The number of amides is 4. The summed E-state index contributed by atoms with van der Waals surface area (Å²) in [5.41, 5.74) is 8.04. The van der Waals surface area contributed by atoms with Crippen molar-refractivity contribution in [3.63, 3.8) is 0 Å². The maximum Gasteiger partial charge on any atom is 0.251 e. The minimum atomic E-state index is -0.621. The second-order valence-corrected chi connectivity index (χ2v) is 7.30. The largest absolute Gasteiger partial charge is 0.368 e. The molecule has 0 radical (unpaired) electrons. The molecule has 0 spiro atoms. The Morgan fingerprint density at radius 1 is 0.938 bits per heavy atom. The first-order valence-electron chi connectivity index (χ1n) is 10.3. The summed E-state index contributed by atoms with van der Waals surface area (Å²) in [6.45, 7) is 0.561. The average molecular weight is 435 g/mol. The third-order valence-electron chi connectivity index (χ3n) is 4.89. The van der Waals surface area contributed by atoms with E-state index in [1.165, 1.54) is 5.01 Å². The molecule has 4 N–H and O–H groups in total. The molecule has 0 unspecified atom stereocenters. The van der Waals surface area contributed by atoms with E-state index in [0.717, 1.165) is 16.8 Å². The third-order valence-corrected chi connectivity index (χ3v) is 4.89. The van der Waals surface area contributed by atoms with Gasteiger partial charge in [0.1, 0.15) is 0 Å². The van der Waals surface area contributed by atoms with Crippen molar-refractivity contribution in [2.24, 2.45) is 10.8 Å². The number of carbonyl (C=O) groups is 4. The van der Waals surface area contributed by atoms with Crippen molar-refractivity contribution in [1.82, 2.24) is 15.6 Å². The van der Waals surface area contributed by atoms with Crippen molar-refractivity contribution in [3.8, 4) is 0 Å². The molecule has 0 fully saturated rings. The van der Waals surface area contributed by atoms with Crippen LogP contribution in [0, 0.1) is 0 Å². The van der Waals surface area contributed by atoms with Gasteiger partial charge >= 0.3 is 0 Å². The van der Waals surface area contributed by atoms with Crippen LogP contribution in [-0.2, 0) is 20.9 Å². The molecule has 1 aliphatic rings. The van der Waals surface area contributed by atoms with Crippen LogP contribution < -0.4 is 16.4 Å². The van der Waals surface area contributed by atoms with E-state index in [-0.39, 0.29) is 37.7 Å². The zero-order valence-corrected chi connectivity index (χ0v) is 17.5. The third kappa shape index (κ3) is 6.49. The van der Waals surface area contributed by atoms with Crippen LogP contribution in [0.3, 0.4) is 0 Å². The summed E-state index contributed by atoms with van der Waals surface area (Å²) >= 11 is 0. The van der Waals surface area contributed by atoms with Gasteiger partial charge in [-0.25, -0.2) is 5.01 Å². The summed E-state index contributed by atoms with van der Waals surface area (Å²) in [6.07, 6.45) is 0.841. The lowest BCUT2D eigenvalue weighted by Gasteiger charge is -2.11. The van der Waals surface area contributed by atoms with Gasteiger partial charge < -0.3 is 16.4 Å². The predicted molar refractivity (Wildman–Crippen MR) is 118 cm³/mol. The second-order valence-electron chi connectivity index (χ2n) is 7.30. The summed E-state index contributed by atoms with van der Waals surface area (Å²) < 4.78 is 0. The molecule has 32 heavy (non-hydrogen) atoms. The summed E-state index contributed by atoms with van der Waals surface area (Å²) in [6, 6.07) is 16.3. The van der Waals surface area contributed by atoms with E-state index in [9.17, 15) is 19.2 Å². The molecule has 9 nitrogen and oxygen atoms in total. The Labute approximate surface area is 185 Å². The van der Waals surface area contributed by atoms with Crippen molar-refractivity contribution in [1.29, 1.82) is 0 Å². The number of benzene rings is 2. The lowest BCUT2D eigenvalue weighted by atomic mass is 10.1. The van der Waals surface area contributed by atoms with E-state index in [1.807, 2.05) is 30.3 Å². The van der Waals surface area contributed by atoms with Crippen LogP contribution in [0.15, 0.2) is 59.7 Å². The summed E-state index contributed by atoms with van der Waals surface area (Å²) in [4.78, 5) is 47.1. The van der Waals surface area contributed by atoms with Crippen molar-refractivity contribution in [2.45, 2.75) is 25.8 Å².